The van der Waals surface area contributed by atoms with E-state index in [9.17, 15) is 4.79 Å². The van der Waals surface area contributed by atoms with E-state index in [4.69, 9.17) is 10.00 Å². The molecule has 0 aliphatic carbocycles. The highest BCUT2D eigenvalue weighted by Crippen LogP contribution is 2.40. The fourth-order valence-electron chi connectivity index (χ4n) is 3.18. The molecule has 0 radical (unpaired) electrons. The Kier molecular flexibility index (Phi) is 3.73. The van der Waals surface area contributed by atoms with Crippen molar-refractivity contribution in [2.45, 2.75) is 57.7 Å². The van der Waals surface area contributed by atoms with Crippen LogP contribution in [0.4, 0.5) is 4.79 Å². The molecule has 22 heavy (non-hydrogen) atoms. The van der Waals surface area contributed by atoms with Gasteiger partial charge in [-0.25, -0.2) is 4.79 Å². The van der Waals surface area contributed by atoms with Crippen LogP contribution in [0, 0.1) is 11.3 Å². The SMILES string of the molecule is CC(C)(C)OC(=O)N1C2C=C(c3ccc(C#N)s3)CC1CC2. The molecule has 2 aliphatic rings. The molecule has 0 aromatic carbocycles. The summed E-state index contributed by atoms with van der Waals surface area (Å²) in [5.41, 5.74) is 0.800. The molecule has 1 saturated heterocycles. The lowest BCUT2D eigenvalue weighted by molar-refractivity contribution is 0.0175. The van der Waals surface area contributed by atoms with Crippen LogP contribution in [-0.2, 0) is 4.74 Å². The second-order valence-corrected chi connectivity index (χ2v) is 7.94. The molecule has 0 saturated carbocycles. The summed E-state index contributed by atoms with van der Waals surface area (Å²) in [4.78, 5) is 16.2. The number of amides is 1. The topological polar surface area (TPSA) is 53.3 Å². The third-order valence-corrected chi connectivity index (χ3v) is 5.10. The summed E-state index contributed by atoms with van der Waals surface area (Å²) in [6, 6.07) is 6.40. The minimum Gasteiger partial charge on any atom is -0.444 e. The van der Waals surface area contributed by atoms with E-state index in [1.54, 1.807) is 0 Å². The average molecular weight is 316 g/mol. The van der Waals surface area contributed by atoms with E-state index in [0.717, 1.165) is 29.0 Å². The molecular formula is C17H20N2O2S. The predicted molar refractivity (Wildman–Crippen MR) is 86.5 cm³/mol. The Morgan fingerprint density at radius 2 is 2.18 bits per heavy atom. The minimum atomic E-state index is -0.462. The monoisotopic (exact) mass is 316 g/mol. The predicted octanol–water partition coefficient (Wildman–Crippen LogP) is 4.17. The molecule has 2 aliphatic heterocycles. The van der Waals surface area contributed by atoms with Gasteiger partial charge in [-0.1, -0.05) is 6.08 Å². The third-order valence-electron chi connectivity index (χ3n) is 4.03. The van der Waals surface area contributed by atoms with Crippen molar-refractivity contribution in [3.05, 3.63) is 28.0 Å². The van der Waals surface area contributed by atoms with Crippen LogP contribution < -0.4 is 0 Å². The fraction of sp³-hybridized carbons (Fsp3) is 0.529. The van der Waals surface area contributed by atoms with E-state index in [2.05, 4.69) is 12.1 Å². The Bertz CT molecular complexity index is 663. The molecule has 5 heteroatoms. The van der Waals surface area contributed by atoms with Gasteiger partial charge >= 0.3 is 6.09 Å². The smallest absolute Gasteiger partial charge is 0.411 e. The highest BCUT2D eigenvalue weighted by molar-refractivity contribution is 7.13. The van der Waals surface area contributed by atoms with Gasteiger partial charge in [0.15, 0.2) is 0 Å². The lowest BCUT2D eigenvalue weighted by Crippen LogP contribution is -2.45. The maximum atomic E-state index is 12.4. The van der Waals surface area contributed by atoms with Gasteiger partial charge in [0.2, 0.25) is 0 Å². The molecule has 0 N–H and O–H groups in total. The van der Waals surface area contributed by atoms with Crippen LogP contribution in [-0.4, -0.2) is 28.7 Å². The molecular weight excluding hydrogens is 296 g/mol. The van der Waals surface area contributed by atoms with Crippen LogP contribution in [0.5, 0.6) is 0 Å². The molecule has 1 aromatic rings. The zero-order valence-electron chi connectivity index (χ0n) is 13.1. The van der Waals surface area contributed by atoms with Crippen molar-refractivity contribution < 1.29 is 9.53 Å². The van der Waals surface area contributed by atoms with Crippen LogP contribution in [0.2, 0.25) is 0 Å². The molecule has 2 atom stereocenters. The van der Waals surface area contributed by atoms with Gasteiger partial charge in [-0.05, 0) is 57.7 Å². The fourth-order valence-corrected chi connectivity index (χ4v) is 4.02. The average Bonchev–Trinajstić information content (AvgIpc) is 3.00. The lowest BCUT2D eigenvalue weighted by atomic mass is 10.0. The number of rotatable bonds is 1. The van der Waals surface area contributed by atoms with Gasteiger partial charge in [0.25, 0.3) is 0 Å². The van der Waals surface area contributed by atoms with E-state index in [-0.39, 0.29) is 18.2 Å². The van der Waals surface area contributed by atoms with Gasteiger partial charge < -0.3 is 4.74 Å². The Balaban J connectivity index is 1.80. The maximum Gasteiger partial charge on any atom is 0.411 e. The number of carbonyl (C=O) groups excluding carboxylic acids is 1. The standard InChI is InChI=1S/C17H20N2O2S/c1-17(2,3)21-16(20)19-12-4-5-13(19)9-11(8-12)15-7-6-14(10-18)22-15/h6-8,12-13H,4-5,9H2,1-3H3. The number of thiophene rings is 1. The van der Waals surface area contributed by atoms with Gasteiger partial charge in [0.05, 0.1) is 6.04 Å². The molecule has 2 unspecified atom stereocenters. The third kappa shape index (κ3) is 2.89. The molecule has 3 rings (SSSR count). The first-order valence-corrected chi connectivity index (χ1v) is 8.41. The zero-order chi connectivity index (χ0) is 15.9. The molecule has 1 amide bonds. The maximum absolute atomic E-state index is 12.4. The summed E-state index contributed by atoms with van der Waals surface area (Å²) in [6.07, 6.45) is 4.82. The number of fused-ring (bicyclic) bond motifs is 2. The van der Waals surface area contributed by atoms with Crippen molar-refractivity contribution in [2.75, 3.05) is 0 Å². The normalized spacial score (nSPS) is 23.9. The van der Waals surface area contributed by atoms with Crippen molar-refractivity contribution in [1.82, 2.24) is 4.90 Å². The van der Waals surface area contributed by atoms with Crippen molar-refractivity contribution in [3.63, 3.8) is 0 Å². The number of ether oxygens (including phenoxy) is 1. The summed E-state index contributed by atoms with van der Waals surface area (Å²) < 4.78 is 5.54. The van der Waals surface area contributed by atoms with E-state index in [0.29, 0.717) is 0 Å². The first kappa shape index (κ1) is 15.1. The van der Waals surface area contributed by atoms with Crippen LogP contribution >= 0.6 is 11.3 Å². The molecule has 116 valence electrons. The van der Waals surface area contributed by atoms with Crippen LogP contribution in [0.1, 0.15) is 49.8 Å². The summed E-state index contributed by atoms with van der Waals surface area (Å²) in [5.74, 6) is 0. The van der Waals surface area contributed by atoms with Crippen LogP contribution in [0.15, 0.2) is 18.2 Å². The molecule has 1 fully saturated rings. The van der Waals surface area contributed by atoms with Gasteiger partial charge in [-0.15, -0.1) is 11.3 Å². The number of hydrogen-bond donors (Lipinski definition) is 0. The molecule has 2 bridgehead atoms. The number of nitriles is 1. The van der Waals surface area contributed by atoms with E-state index in [1.807, 2.05) is 37.8 Å². The largest absolute Gasteiger partial charge is 0.444 e. The summed E-state index contributed by atoms with van der Waals surface area (Å²) in [5, 5.41) is 8.96. The summed E-state index contributed by atoms with van der Waals surface area (Å²) >= 11 is 1.53. The van der Waals surface area contributed by atoms with Crippen molar-refractivity contribution in [3.8, 4) is 6.07 Å². The molecule has 4 nitrogen and oxygen atoms in total. The minimum absolute atomic E-state index is 0.122. The highest BCUT2D eigenvalue weighted by atomic mass is 32.1. The number of carbonyl (C=O) groups is 1. The highest BCUT2D eigenvalue weighted by Gasteiger charge is 2.41. The first-order chi connectivity index (χ1) is 10.4. The van der Waals surface area contributed by atoms with Crippen molar-refractivity contribution >= 4 is 23.0 Å². The van der Waals surface area contributed by atoms with Crippen molar-refractivity contribution in [1.29, 1.82) is 5.26 Å². The van der Waals surface area contributed by atoms with Gasteiger partial charge in [-0.2, -0.15) is 5.26 Å². The van der Waals surface area contributed by atoms with E-state index in [1.165, 1.54) is 16.9 Å². The Hall–Kier alpha value is -1.80. The van der Waals surface area contributed by atoms with Gasteiger partial charge in [0, 0.05) is 10.9 Å². The Morgan fingerprint density at radius 1 is 1.41 bits per heavy atom. The molecule has 3 heterocycles. The molecule has 0 spiro atoms. The Morgan fingerprint density at radius 3 is 2.77 bits per heavy atom. The first-order valence-electron chi connectivity index (χ1n) is 7.60. The number of nitrogens with zero attached hydrogens (tertiary/aromatic N) is 2. The Labute approximate surface area is 135 Å². The lowest BCUT2D eigenvalue weighted by Gasteiger charge is -2.35. The van der Waals surface area contributed by atoms with Crippen LogP contribution in [0.25, 0.3) is 5.57 Å². The summed E-state index contributed by atoms with van der Waals surface area (Å²) in [7, 11) is 0. The molecule has 1 aromatic heterocycles. The zero-order valence-corrected chi connectivity index (χ0v) is 13.9. The van der Waals surface area contributed by atoms with Crippen LogP contribution in [0.3, 0.4) is 0 Å². The quantitative estimate of drug-likeness (QED) is 0.781. The van der Waals surface area contributed by atoms with Gasteiger partial charge in [-0.3, -0.25) is 4.90 Å². The van der Waals surface area contributed by atoms with E-state index >= 15 is 0 Å². The second kappa shape index (κ2) is 5.44. The van der Waals surface area contributed by atoms with E-state index < -0.39 is 5.60 Å². The second-order valence-electron chi connectivity index (χ2n) is 6.86. The summed E-state index contributed by atoms with van der Waals surface area (Å²) in [6.45, 7) is 5.69. The van der Waals surface area contributed by atoms with Gasteiger partial charge in [0.1, 0.15) is 16.5 Å². The van der Waals surface area contributed by atoms with Crippen molar-refractivity contribution in [2.24, 2.45) is 0 Å². The number of hydrogen-bond acceptors (Lipinski definition) is 4.